The lowest BCUT2D eigenvalue weighted by atomic mass is 9.79. The average Bonchev–Trinajstić information content (AvgIpc) is 2.79. The van der Waals surface area contributed by atoms with Gasteiger partial charge in [-0.3, -0.25) is 4.79 Å². The minimum atomic E-state index is -1.09. The van der Waals surface area contributed by atoms with E-state index in [1.165, 1.54) is 21.3 Å². The van der Waals surface area contributed by atoms with Gasteiger partial charge in [0.1, 0.15) is 17.6 Å². The van der Waals surface area contributed by atoms with Gasteiger partial charge in [-0.25, -0.2) is 0 Å². The van der Waals surface area contributed by atoms with Crippen molar-refractivity contribution >= 4 is 5.97 Å². The number of rotatable bonds is 3. The molecule has 2 bridgehead atoms. The van der Waals surface area contributed by atoms with Gasteiger partial charge < -0.3 is 18.9 Å². The molecule has 1 fully saturated rings. The Kier molecular flexibility index (Phi) is 2.57. The monoisotopic (exact) mass is 228 g/mol. The second-order valence-corrected chi connectivity index (χ2v) is 4.17. The van der Waals surface area contributed by atoms with Gasteiger partial charge >= 0.3 is 5.97 Å². The topological polar surface area (TPSA) is 54.0 Å². The first-order valence-corrected chi connectivity index (χ1v) is 5.09. The molecule has 0 N–H and O–H groups in total. The van der Waals surface area contributed by atoms with Crippen molar-refractivity contribution in [3.8, 4) is 0 Å². The number of hydrogen-bond donors (Lipinski definition) is 0. The standard InChI is InChI=1S/C11H16O5/c1-10-6-5-7(16-10)11(14-3,15-4)8(10)9(12)13-2/h5-8H,1-4H3/t7-,8+,10-/m0/s1. The first kappa shape index (κ1) is 11.6. The zero-order valence-electron chi connectivity index (χ0n) is 9.85. The van der Waals surface area contributed by atoms with Crippen LogP contribution in [-0.2, 0) is 23.7 Å². The summed E-state index contributed by atoms with van der Waals surface area (Å²) in [5, 5.41) is 0. The molecule has 0 aliphatic carbocycles. The molecule has 0 aromatic rings. The molecule has 2 aliphatic heterocycles. The molecule has 5 heteroatoms. The molecule has 5 nitrogen and oxygen atoms in total. The summed E-state index contributed by atoms with van der Waals surface area (Å²) < 4.78 is 21.3. The number of ether oxygens (including phenoxy) is 4. The molecule has 0 aromatic carbocycles. The molecule has 0 spiro atoms. The van der Waals surface area contributed by atoms with E-state index in [1.54, 1.807) is 0 Å². The van der Waals surface area contributed by atoms with Gasteiger partial charge in [0.05, 0.1) is 7.11 Å². The molecule has 3 atom stereocenters. The van der Waals surface area contributed by atoms with Crippen molar-refractivity contribution in [1.82, 2.24) is 0 Å². The Labute approximate surface area is 94.3 Å². The zero-order chi connectivity index (χ0) is 12.0. The van der Waals surface area contributed by atoms with E-state index in [2.05, 4.69) is 0 Å². The van der Waals surface area contributed by atoms with E-state index in [-0.39, 0.29) is 6.10 Å². The Bertz CT molecular complexity index is 333. The first-order valence-electron chi connectivity index (χ1n) is 5.09. The van der Waals surface area contributed by atoms with Crippen LogP contribution >= 0.6 is 0 Å². The summed E-state index contributed by atoms with van der Waals surface area (Å²) in [6.45, 7) is 1.82. The third kappa shape index (κ3) is 1.19. The number of fused-ring (bicyclic) bond motifs is 2. The second kappa shape index (κ2) is 3.55. The predicted molar refractivity (Wildman–Crippen MR) is 54.7 cm³/mol. The lowest BCUT2D eigenvalue weighted by molar-refractivity contribution is -0.244. The quantitative estimate of drug-likeness (QED) is 0.400. The van der Waals surface area contributed by atoms with Crippen LogP contribution in [0.4, 0.5) is 0 Å². The molecule has 1 saturated heterocycles. The molecule has 2 rings (SSSR count). The number of methoxy groups -OCH3 is 3. The Morgan fingerprint density at radius 3 is 2.44 bits per heavy atom. The highest BCUT2D eigenvalue weighted by Crippen LogP contribution is 2.51. The highest BCUT2D eigenvalue weighted by Gasteiger charge is 2.68. The maximum absolute atomic E-state index is 11.8. The van der Waals surface area contributed by atoms with Gasteiger partial charge in [-0.15, -0.1) is 0 Å². The van der Waals surface area contributed by atoms with Crippen molar-refractivity contribution < 1.29 is 23.7 Å². The van der Waals surface area contributed by atoms with Gasteiger partial charge in [-0.05, 0) is 6.92 Å². The highest BCUT2D eigenvalue weighted by atomic mass is 16.7. The third-order valence-corrected chi connectivity index (χ3v) is 3.43. The first-order chi connectivity index (χ1) is 7.54. The third-order valence-electron chi connectivity index (χ3n) is 3.43. The van der Waals surface area contributed by atoms with Crippen molar-refractivity contribution in [2.75, 3.05) is 21.3 Å². The summed E-state index contributed by atoms with van der Waals surface area (Å²) in [6.07, 6.45) is 3.33. The SMILES string of the molecule is COC(=O)[C@H]1C(OC)(OC)[C@@H]2C=C[C@]1(C)O2. The van der Waals surface area contributed by atoms with Crippen molar-refractivity contribution in [3.63, 3.8) is 0 Å². The Hall–Kier alpha value is -0.910. The van der Waals surface area contributed by atoms with E-state index in [9.17, 15) is 4.79 Å². The molecular formula is C11H16O5. The second-order valence-electron chi connectivity index (χ2n) is 4.17. The summed E-state index contributed by atoms with van der Waals surface area (Å²) in [6, 6.07) is 0. The lowest BCUT2D eigenvalue weighted by Gasteiger charge is -2.37. The van der Waals surface area contributed by atoms with Crippen molar-refractivity contribution in [2.45, 2.75) is 24.4 Å². The molecule has 0 saturated carbocycles. The predicted octanol–water partition coefficient (Wildman–Crippen LogP) is 0.492. The van der Waals surface area contributed by atoms with Crippen LogP contribution in [0.1, 0.15) is 6.92 Å². The summed E-state index contributed by atoms with van der Waals surface area (Å²) in [5.41, 5.74) is -0.718. The average molecular weight is 228 g/mol. The van der Waals surface area contributed by atoms with Gasteiger partial charge in [0.25, 0.3) is 0 Å². The van der Waals surface area contributed by atoms with Crippen LogP contribution in [0.2, 0.25) is 0 Å². The summed E-state index contributed by atoms with van der Waals surface area (Å²) >= 11 is 0. The zero-order valence-corrected chi connectivity index (χ0v) is 9.85. The van der Waals surface area contributed by atoms with E-state index in [0.717, 1.165) is 0 Å². The number of carbonyl (C=O) groups excluding carboxylic acids is 1. The van der Waals surface area contributed by atoms with Crippen molar-refractivity contribution in [1.29, 1.82) is 0 Å². The van der Waals surface area contributed by atoms with Gasteiger partial charge in [0.15, 0.2) is 0 Å². The minimum Gasteiger partial charge on any atom is -0.469 e. The molecule has 2 heterocycles. The van der Waals surface area contributed by atoms with Crippen molar-refractivity contribution in [3.05, 3.63) is 12.2 Å². The van der Waals surface area contributed by atoms with Gasteiger partial charge in [0, 0.05) is 14.2 Å². The van der Waals surface area contributed by atoms with Crippen LogP contribution in [0, 0.1) is 5.92 Å². The minimum absolute atomic E-state index is 0.378. The molecule has 0 radical (unpaired) electrons. The fourth-order valence-corrected chi connectivity index (χ4v) is 2.64. The Morgan fingerprint density at radius 2 is 1.94 bits per heavy atom. The summed E-state index contributed by atoms with van der Waals surface area (Å²) in [7, 11) is 4.35. The van der Waals surface area contributed by atoms with E-state index in [4.69, 9.17) is 18.9 Å². The molecule has 0 unspecified atom stereocenters. The maximum atomic E-state index is 11.8. The summed E-state index contributed by atoms with van der Waals surface area (Å²) in [4.78, 5) is 11.8. The largest absolute Gasteiger partial charge is 0.469 e. The van der Waals surface area contributed by atoms with Crippen LogP contribution in [0.3, 0.4) is 0 Å². The van der Waals surface area contributed by atoms with E-state index in [1.807, 2.05) is 19.1 Å². The van der Waals surface area contributed by atoms with Crippen molar-refractivity contribution in [2.24, 2.45) is 5.92 Å². The number of hydrogen-bond acceptors (Lipinski definition) is 5. The smallest absolute Gasteiger partial charge is 0.317 e. The van der Waals surface area contributed by atoms with E-state index >= 15 is 0 Å². The van der Waals surface area contributed by atoms with Gasteiger partial charge in [0.2, 0.25) is 5.79 Å². The number of esters is 1. The molecule has 90 valence electrons. The van der Waals surface area contributed by atoms with Crippen LogP contribution in [0.15, 0.2) is 12.2 Å². The fourth-order valence-electron chi connectivity index (χ4n) is 2.64. The van der Waals surface area contributed by atoms with Gasteiger partial charge in [-0.2, -0.15) is 0 Å². The van der Waals surface area contributed by atoms with Crippen LogP contribution in [-0.4, -0.2) is 44.8 Å². The Balaban J connectivity index is 2.45. The van der Waals surface area contributed by atoms with Crippen LogP contribution in [0.5, 0.6) is 0 Å². The van der Waals surface area contributed by atoms with Gasteiger partial charge in [-0.1, -0.05) is 12.2 Å². The molecule has 16 heavy (non-hydrogen) atoms. The maximum Gasteiger partial charge on any atom is 0.317 e. The molecule has 0 amide bonds. The normalized spacial score (nSPS) is 39.0. The van der Waals surface area contributed by atoms with Crippen LogP contribution in [0.25, 0.3) is 0 Å². The molecular weight excluding hydrogens is 212 g/mol. The fraction of sp³-hybridized carbons (Fsp3) is 0.727. The van der Waals surface area contributed by atoms with E-state index in [0.29, 0.717) is 0 Å². The lowest BCUT2D eigenvalue weighted by Crippen LogP contribution is -2.54. The number of carbonyl (C=O) groups is 1. The summed E-state index contributed by atoms with van der Waals surface area (Å²) in [5.74, 6) is -2.09. The van der Waals surface area contributed by atoms with Crippen LogP contribution < -0.4 is 0 Å². The highest BCUT2D eigenvalue weighted by molar-refractivity contribution is 5.77. The van der Waals surface area contributed by atoms with E-state index < -0.39 is 23.3 Å². The molecule has 2 aliphatic rings. The molecule has 0 aromatic heterocycles. The Morgan fingerprint density at radius 1 is 1.31 bits per heavy atom.